The average molecular weight is 344 g/mol. The topological polar surface area (TPSA) is 85.4 Å². The van der Waals surface area contributed by atoms with Gasteiger partial charge in [0, 0.05) is 32.5 Å². The SMILES string of the molecule is COCCCNC(=O)c1cc(C)nc(NCc2ccc(OC)cc2)n1. The van der Waals surface area contributed by atoms with E-state index in [4.69, 9.17) is 9.47 Å². The van der Waals surface area contributed by atoms with Crippen molar-refractivity contribution in [2.24, 2.45) is 0 Å². The van der Waals surface area contributed by atoms with Gasteiger partial charge in [-0.3, -0.25) is 4.79 Å². The molecule has 7 heteroatoms. The van der Waals surface area contributed by atoms with E-state index in [0.29, 0.717) is 31.3 Å². The standard InChI is InChI=1S/C18H24N4O3/c1-13-11-16(17(23)19-9-4-10-24-2)22-18(21-13)20-12-14-5-7-15(25-3)8-6-14/h5-8,11H,4,9-10,12H2,1-3H3,(H,19,23)(H,20,21,22). The van der Waals surface area contributed by atoms with E-state index in [1.54, 1.807) is 20.3 Å². The monoisotopic (exact) mass is 344 g/mol. The maximum absolute atomic E-state index is 12.2. The van der Waals surface area contributed by atoms with E-state index in [1.807, 2.05) is 31.2 Å². The molecule has 1 aromatic heterocycles. The van der Waals surface area contributed by atoms with Gasteiger partial charge in [0.05, 0.1) is 7.11 Å². The van der Waals surface area contributed by atoms with Gasteiger partial charge in [0.15, 0.2) is 0 Å². The first-order valence-electron chi connectivity index (χ1n) is 8.12. The molecule has 0 aliphatic carbocycles. The molecule has 134 valence electrons. The molecule has 1 amide bonds. The Morgan fingerprint density at radius 3 is 2.60 bits per heavy atom. The van der Waals surface area contributed by atoms with Crippen molar-refractivity contribution >= 4 is 11.9 Å². The molecule has 0 bridgehead atoms. The van der Waals surface area contributed by atoms with E-state index < -0.39 is 0 Å². The van der Waals surface area contributed by atoms with E-state index in [1.165, 1.54) is 0 Å². The van der Waals surface area contributed by atoms with Crippen LogP contribution < -0.4 is 15.4 Å². The van der Waals surface area contributed by atoms with Gasteiger partial charge in [-0.05, 0) is 37.1 Å². The number of aryl methyl sites for hydroxylation is 1. The summed E-state index contributed by atoms with van der Waals surface area (Å²) in [5, 5.41) is 5.97. The van der Waals surface area contributed by atoms with Crippen molar-refractivity contribution in [3.8, 4) is 5.75 Å². The molecular weight excluding hydrogens is 320 g/mol. The first-order chi connectivity index (χ1) is 12.1. The van der Waals surface area contributed by atoms with Crippen molar-refractivity contribution in [1.29, 1.82) is 0 Å². The van der Waals surface area contributed by atoms with Gasteiger partial charge in [-0.25, -0.2) is 9.97 Å². The van der Waals surface area contributed by atoms with E-state index in [-0.39, 0.29) is 5.91 Å². The summed E-state index contributed by atoms with van der Waals surface area (Å²) in [6.07, 6.45) is 0.759. The maximum Gasteiger partial charge on any atom is 0.270 e. The van der Waals surface area contributed by atoms with Crippen molar-refractivity contribution in [2.45, 2.75) is 19.9 Å². The third-order valence-corrected chi connectivity index (χ3v) is 3.51. The Morgan fingerprint density at radius 1 is 1.16 bits per heavy atom. The van der Waals surface area contributed by atoms with Crippen LogP contribution in [0.15, 0.2) is 30.3 Å². The van der Waals surface area contributed by atoms with Crippen molar-refractivity contribution in [2.75, 3.05) is 32.7 Å². The van der Waals surface area contributed by atoms with E-state index >= 15 is 0 Å². The van der Waals surface area contributed by atoms with Crippen LogP contribution in [0.5, 0.6) is 5.75 Å². The molecule has 0 fully saturated rings. The summed E-state index contributed by atoms with van der Waals surface area (Å²) >= 11 is 0. The number of aromatic nitrogens is 2. The van der Waals surface area contributed by atoms with Gasteiger partial charge in [0.1, 0.15) is 11.4 Å². The van der Waals surface area contributed by atoms with Crippen molar-refractivity contribution in [1.82, 2.24) is 15.3 Å². The number of benzene rings is 1. The number of amides is 1. The Labute approximate surface area is 147 Å². The predicted molar refractivity (Wildman–Crippen MR) is 95.9 cm³/mol. The number of ether oxygens (including phenoxy) is 2. The minimum Gasteiger partial charge on any atom is -0.497 e. The van der Waals surface area contributed by atoms with Crippen LogP contribution in [0.4, 0.5) is 5.95 Å². The Balaban J connectivity index is 1.96. The van der Waals surface area contributed by atoms with Crippen LogP contribution in [0.1, 0.15) is 28.2 Å². The fourth-order valence-corrected chi connectivity index (χ4v) is 2.20. The molecule has 0 radical (unpaired) electrons. The molecule has 2 aromatic rings. The van der Waals surface area contributed by atoms with Crippen LogP contribution in [0.2, 0.25) is 0 Å². The summed E-state index contributed by atoms with van der Waals surface area (Å²) < 4.78 is 10.1. The van der Waals surface area contributed by atoms with Gasteiger partial charge in [0.25, 0.3) is 5.91 Å². The smallest absolute Gasteiger partial charge is 0.270 e. The van der Waals surface area contributed by atoms with Crippen LogP contribution in [-0.2, 0) is 11.3 Å². The van der Waals surface area contributed by atoms with E-state index in [2.05, 4.69) is 20.6 Å². The highest BCUT2D eigenvalue weighted by molar-refractivity contribution is 5.92. The molecule has 0 spiro atoms. The number of nitrogens with zero attached hydrogens (tertiary/aromatic N) is 2. The molecule has 0 atom stereocenters. The zero-order chi connectivity index (χ0) is 18.1. The summed E-state index contributed by atoms with van der Waals surface area (Å²) in [6, 6.07) is 9.39. The quantitative estimate of drug-likeness (QED) is 0.678. The van der Waals surface area contributed by atoms with Gasteiger partial charge in [-0.1, -0.05) is 12.1 Å². The third kappa shape index (κ3) is 6.04. The first kappa shape index (κ1) is 18.7. The lowest BCUT2D eigenvalue weighted by atomic mass is 10.2. The molecule has 0 aliphatic heterocycles. The summed E-state index contributed by atoms with van der Waals surface area (Å²) in [4.78, 5) is 20.8. The molecule has 7 nitrogen and oxygen atoms in total. The number of methoxy groups -OCH3 is 2. The molecule has 1 aromatic carbocycles. The van der Waals surface area contributed by atoms with Crippen LogP contribution in [0.25, 0.3) is 0 Å². The van der Waals surface area contributed by atoms with Crippen molar-refractivity contribution < 1.29 is 14.3 Å². The lowest BCUT2D eigenvalue weighted by Crippen LogP contribution is -2.26. The molecule has 2 N–H and O–H groups in total. The second-order valence-corrected chi connectivity index (χ2v) is 5.52. The van der Waals surface area contributed by atoms with Crippen LogP contribution >= 0.6 is 0 Å². The fraction of sp³-hybridized carbons (Fsp3) is 0.389. The molecule has 0 unspecified atom stereocenters. The Bertz CT molecular complexity index is 689. The van der Waals surface area contributed by atoms with Gasteiger partial charge >= 0.3 is 0 Å². The zero-order valence-corrected chi connectivity index (χ0v) is 14.8. The first-order valence-corrected chi connectivity index (χ1v) is 8.12. The molecular formula is C18H24N4O3. The molecule has 2 rings (SSSR count). The second kappa shape index (κ2) is 9.58. The molecule has 25 heavy (non-hydrogen) atoms. The molecule has 0 aliphatic rings. The van der Waals surface area contributed by atoms with Crippen LogP contribution in [-0.4, -0.2) is 43.2 Å². The van der Waals surface area contributed by atoms with Gasteiger partial charge in [-0.15, -0.1) is 0 Å². The van der Waals surface area contributed by atoms with Crippen molar-refractivity contribution in [3.05, 3.63) is 47.3 Å². The minimum absolute atomic E-state index is 0.214. The third-order valence-electron chi connectivity index (χ3n) is 3.51. The zero-order valence-electron chi connectivity index (χ0n) is 14.8. The summed E-state index contributed by atoms with van der Waals surface area (Å²) in [5.41, 5.74) is 2.15. The average Bonchev–Trinajstić information content (AvgIpc) is 2.63. The van der Waals surface area contributed by atoms with E-state index in [0.717, 1.165) is 23.4 Å². The Kier molecular flexibility index (Phi) is 7.16. The van der Waals surface area contributed by atoms with Crippen molar-refractivity contribution in [3.63, 3.8) is 0 Å². The normalized spacial score (nSPS) is 10.4. The largest absolute Gasteiger partial charge is 0.497 e. The number of carbonyl (C=O) groups excluding carboxylic acids is 1. The summed E-state index contributed by atoms with van der Waals surface area (Å²) in [6.45, 7) is 3.55. The number of hydrogen-bond donors (Lipinski definition) is 2. The fourth-order valence-electron chi connectivity index (χ4n) is 2.20. The number of anilines is 1. The highest BCUT2D eigenvalue weighted by Crippen LogP contribution is 2.12. The van der Waals surface area contributed by atoms with Crippen LogP contribution in [0, 0.1) is 6.92 Å². The summed E-state index contributed by atoms with van der Waals surface area (Å²) in [7, 11) is 3.27. The van der Waals surface area contributed by atoms with Gasteiger partial charge < -0.3 is 20.1 Å². The molecule has 0 saturated heterocycles. The number of carbonyl (C=O) groups is 1. The number of rotatable bonds is 9. The van der Waals surface area contributed by atoms with Gasteiger partial charge in [0.2, 0.25) is 5.95 Å². The number of nitrogens with one attached hydrogen (secondary N) is 2. The highest BCUT2D eigenvalue weighted by Gasteiger charge is 2.10. The summed E-state index contributed by atoms with van der Waals surface area (Å²) in [5.74, 6) is 1.02. The maximum atomic E-state index is 12.2. The predicted octanol–water partition coefficient (Wildman–Crippen LogP) is 2.17. The Hall–Kier alpha value is -2.67. The minimum atomic E-state index is -0.214. The Morgan fingerprint density at radius 2 is 1.92 bits per heavy atom. The lowest BCUT2D eigenvalue weighted by Gasteiger charge is -2.09. The second-order valence-electron chi connectivity index (χ2n) is 5.52. The lowest BCUT2D eigenvalue weighted by molar-refractivity contribution is 0.0943. The molecule has 0 saturated carbocycles. The van der Waals surface area contributed by atoms with E-state index in [9.17, 15) is 4.79 Å². The van der Waals surface area contributed by atoms with Gasteiger partial charge in [-0.2, -0.15) is 0 Å². The molecule has 1 heterocycles. The number of hydrogen-bond acceptors (Lipinski definition) is 6. The van der Waals surface area contributed by atoms with Crippen LogP contribution in [0.3, 0.4) is 0 Å². The highest BCUT2D eigenvalue weighted by atomic mass is 16.5.